The highest BCUT2D eigenvalue weighted by Crippen LogP contribution is 2.37. The number of carbonyl (C=O) groups excluding carboxylic acids is 1. The number of hydrogen-bond donors (Lipinski definition) is 0. The van der Waals surface area contributed by atoms with Gasteiger partial charge in [0.2, 0.25) is 0 Å². The number of carbonyl (C=O) groups is 1. The smallest absolute Gasteiger partial charge is 0.155 e. The Hall–Kier alpha value is -1.02. The molecule has 0 saturated heterocycles. The SMILES string of the molecule is CC1(C)CCC(Oc2cccc(Cl)c2C=O)CC1. The van der Waals surface area contributed by atoms with Crippen LogP contribution >= 0.6 is 11.6 Å². The number of ether oxygens (including phenoxy) is 1. The van der Waals surface area contributed by atoms with Gasteiger partial charge in [0.25, 0.3) is 0 Å². The van der Waals surface area contributed by atoms with Crippen molar-refractivity contribution in [2.24, 2.45) is 5.41 Å². The van der Waals surface area contributed by atoms with Gasteiger partial charge in [-0.05, 0) is 43.2 Å². The molecule has 1 aromatic rings. The zero-order chi connectivity index (χ0) is 13.2. The maximum absolute atomic E-state index is 11.0. The molecule has 0 atom stereocenters. The van der Waals surface area contributed by atoms with Crippen LogP contribution in [0.2, 0.25) is 5.02 Å². The van der Waals surface area contributed by atoms with E-state index >= 15 is 0 Å². The number of aldehydes is 1. The molecule has 98 valence electrons. The van der Waals surface area contributed by atoms with Crippen LogP contribution in [0.1, 0.15) is 49.9 Å². The Morgan fingerprint density at radius 3 is 2.61 bits per heavy atom. The van der Waals surface area contributed by atoms with Gasteiger partial charge in [0.05, 0.1) is 16.7 Å². The molecular weight excluding hydrogens is 248 g/mol. The summed E-state index contributed by atoms with van der Waals surface area (Å²) in [5, 5.41) is 0.457. The molecule has 3 heteroatoms. The van der Waals surface area contributed by atoms with E-state index in [9.17, 15) is 4.79 Å². The molecule has 0 heterocycles. The lowest BCUT2D eigenvalue weighted by atomic mass is 9.76. The van der Waals surface area contributed by atoms with Crippen molar-refractivity contribution in [2.75, 3.05) is 0 Å². The second-order valence-electron chi connectivity index (χ2n) is 5.75. The van der Waals surface area contributed by atoms with Crippen LogP contribution in [0.25, 0.3) is 0 Å². The minimum absolute atomic E-state index is 0.204. The summed E-state index contributed by atoms with van der Waals surface area (Å²) in [6, 6.07) is 5.34. The molecule has 2 nitrogen and oxygen atoms in total. The number of benzene rings is 1. The normalized spacial score (nSPS) is 19.5. The van der Waals surface area contributed by atoms with Crippen molar-refractivity contribution in [1.82, 2.24) is 0 Å². The molecule has 0 amide bonds. The molecule has 0 bridgehead atoms. The van der Waals surface area contributed by atoms with Gasteiger partial charge < -0.3 is 4.74 Å². The minimum Gasteiger partial charge on any atom is -0.490 e. The second kappa shape index (κ2) is 5.31. The Bertz CT molecular complexity index is 430. The summed E-state index contributed by atoms with van der Waals surface area (Å²) in [5.74, 6) is 0.613. The second-order valence-corrected chi connectivity index (χ2v) is 6.16. The molecule has 0 unspecified atom stereocenters. The van der Waals surface area contributed by atoms with Crippen LogP contribution in [0.4, 0.5) is 0 Å². The Morgan fingerprint density at radius 1 is 1.33 bits per heavy atom. The van der Waals surface area contributed by atoms with Gasteiger partial charge in [-0.25, -0.2) is 0 Å². The first kappa shape index (κ1) is 13.4. The van der Waals surface area contributed by atoms with Crippen molar-refractivity contribution in [2.45, 2.75) is 45.6 Å². The van der Waals surface area contributed by atoms with Crippen LogP contribution in [0, 0.1) is 5.41 Å². The van der Waals surface area contributed by atoms with E-state index in [0.717, 1.165) is 32.0 Å². The molecule has 1 aliphatic carbocycles. The van der Waals surface area contributed by atoms with E-state index in [-0.39, 0.29) is 6.10 Å². The van der Waals surface area contributed by atoms with Gasteiger partial charge in [-0.1, -0.05) is 31.5 Å². The molecule has 0 aliphatic heterocycles. The van der Waals surface area contributed by atoms with Gasteiger partial charge in [-0.15, -0.1) is 0 Å². The van der Waals surface area contributed by atoms with E-state index in [4.69, 9.17) is 16.3 Å². The maximum Gasteiger partial charge on any atom is 0.155 e. The molecule has 1 aromatic carbocycles. The van der Waals surface area contributed by atoms with Crippen LogP contribution in [0.5, 0.6) is 5.75 Å². The highest BCUT2D eigenvalue weighted by atomic mass is 35.5. The molecule has 0 spiro atoms. The first-order chi connectivity index (χ1) is 8.52. The highest BCUT2D eigenvalue weighted by molar-refractivity contribution is 6.33. The van der Waals surface area contributed by atoms with Crippen molar-refractivity contribution < 1.29 is 9.53 Å². The monoisotopic (exact) mass is 266 g/mol. The summed E-state index contributed by atoms with van der Waals surface area (Å²) in [4.78, 5) is 11.0. The van der Waals surface area contributed by atoms with Crippen molar-refractivity contribution in [3.63, 3.8) is 0 Å². The van der Waals surface area contributed by atoms with Crippen LogP contribution in [-0.2, 0) is 0 Å². The van der Waals surface area contributed by atoms with Crippen LogP contribution in [0.3, 0.4) is 0 Å². The third-order valence-corrected chi connectivity index (χ3v) is 4.04. The third kappa shape index (κ3) is 3.05. The zero-order valence-corrected chi connectivity index (χ0v) is 11.7. The van der Waals surface area contributed by atoms with Gasteiger partial charge in [0.15, 0.2) is 6.29 Å². The predicted octanol–water partition coefficient (Wildman–Crippen LogP) is 4.50. The fraction of sp³-hybridized carbons (Fsp3) is 0.533. The van der Waals surface area contributed by atoms with E-state index in [1.54, 1.807) is 6.07 Å². The standard InChI is InChI=1S/C15H19ClO2/c1-15(2)8-6-11(7-9-15)18-14-5-3-4-13(16)12(14)10-17/h3-5,10-11H,6-9H2,1-2H3. The van der Waals surface area contributed by atoms with E-state index in [1.807, 2.05) is 12.1 Å². The largest absolute Gasteiger partial charge is 0.490 e. The Kier molecular flexibility index (Phi) is 3.96. The molecule has 0 aromatic heterocycles. The predicted molar refractivity (Wildman–Crippen MR) is 73.5 cm³/mol. The van der Waals surface area contributed by atoms with E-state index < -0.39 is 0 Å². The lowest BCUT2D eigenvalue weighted by molar-refractivity contribution is 0.0961. The molecule has 18 heavy (non-hydrogen) atoms. The first-order valence-electron chi connectivity index (χ1n) is 6.42. The van der Waals surface area contributed by atoms with Gasteiger partial charge in [0, 0.05) is 0 Å². The van der Waals surface area contributed by atoms with Crippen molar-refractivity contribution in [3.8, 4) is 5.75 Å². The Labute approximate surface area is 113 Å². The molecule has 1 saturated carbocycles. The van der Waals surface area contributed by atoms with E-state index in [1.165, 1.54) is 0 Å². The van der Waals surface area contributed by atoms with Gasteiger partial charge in [0.1, 0.15) is 5.75 Å². The number of rotatable bonds is 3. The summed E-state index contributed by atoms with van der Waals surface area (Å²) < 4.78 is 5.94. The summed E-state index contributed by atoms with van der Waals surface area (Å²) in [6.45, 7) is 4.58. The summed E-state index contributed by atoms with van der Waals surface area (Å²) in [5.41, 5.74) is 0.880. The maximum atomic E-state index is 11.0. The van der Waals surface area contributed by atoms with Crippen LogP contribution in [-0.4, -0.2) is 12.4 Å². The molecule has 1 fully saturated rings. The number of halogens is 1. The van der Waals surface area contributed by atoms with Crippen molar-refractivity contribution >= 4 is 17.9 Å². The quantitative estimate of drug-likeness (QED) is 0.753. The fourth-order valence-electron chi connectivity index (χ4n) is 2.40. The summed E-state index contributed by atoms with van der Waals surface area (Å²) >= 11 is 5.98. The summed E-state index contributed by atoms with van der Waals surface area (Å²) in [7, 11) is 0. The van der Waals surface area contributed by atoms with Gasteiger partial charge in [-0.3, -0.25) is 4.79 Å². The third-order valence-electron chi connectivity index (χ3n) is 3.71. The minimum atomic E-state index is 0.204. The average Bonchev–Trinajstić information content (AvgIpc) is 2.32. The zero-order valence-electron chi connectivity index (χ0n) is 10.9. The summed E-state index contributed by atoms with van der Waals surface area (Å²) in [6.07, 6.45) is 5.37. The van der Waals surface area contributed by atoms with E-state index in [0.29, 0.717) is 21.8 Å². The van der Waals surface area contributed by atoms with Gasteiger partial charge >= 0.3 is 0 Å². The average molecular weight is 267 g/mol. The Morgan fingerprint density at radius 2 is 2.00 bits per heavy atom. The number of hydrogen-bond acceptors (Lipinski definition) is 2. The lowest BCUT2D eigenvalue weighted by Crippen LogP contribution is -2.28. The van der Waals surface area contributed by atoms with Crippen molar-refractivity contribution in [3.05, 3.63) is 28.8 Å². The Balaban J connectivity index is 2.07. The van der Waals surface area contributed by atoms with Crippen molar-refractivity contribution in [1.29, 1.82) is 0 Å². The van der Waals surface area contributed by atoms with Crippen LogP contribution in [0.15, 0.2) is 18.2 Å². The topological polar surface area (TPSA) is 26.3 Å². The van der Waals surface area contributed by atoms with Crippen LogP contribution < -0.4 is 4.74 Å². The molecule has 0 N–H and O–H groups in total. The molecule has 0 radical (unpaired) electrons. The molecular formula is C15H19ClO2. The fourth-order valence-corrected chi connectivity index (χ4v) is 2.61. The highest BCUT2D eigenvalue weighted by Gasteiger charge is 2.28. The van der Waals surface area contributed by atoms with Gasteiger partial charge in [-0.2, -0.15) is 0 Å². The first-order valence-corrected chi connectivity index (χ1v) is 6.80. The van der Waals surface area contributed by atoms with E-state index in [2.05, 4.69) is 13.8 Å². The lowest BCUT2D eigenvalue weighted by Gasteiger charge is -2.34. The molecule has 2 rings (SSSR count). The molecule has 1 aliphatic rings.